The van der Waals surface area contributed by atoms with E-state index in [9.17, 15) is 54.2 Å². The van der Waals surface area contributed by atoms with E-state index in [2.05, 4.69) is 31.6 Å². The van der Waals surface area contributed by atoms with Gasteiger partial charge in [0.15, 0.2) is 5.60 Å². The van der Waals surface area contributed by atoms with Gasteiger partial charge in [0.25, 0.3) is 11.6 Å². The summed E-state index contributed by atoms with van der Waals surface area (Å²) >= 11 is 0. The summed E-state index contributed by atoms with van der Waals surface area (Å²) in [5.74, 6) is -2.82. The molecule has 0 bridgehead atoms. The number of aryl methyl sites for hydroxylation is 1. The first-order valence-electron chi connectivity index (χ1n) is 19.2. The second-order valence-corrected chi connectivity index (χ2v) is 14.2. The maximum Gasteiger partial charge on any atom is 2.00 e. The molecule has 0 aliphatic heterocycles. The zero-order valence-corrected chi connectivity index (χ0v) is 39.8. The molecule has 370 valence electrons. The number of anilines is 2. The summed E-state index contributed by atoms with van der Waals surface area (Å²) in [5, 5.41) is 10.3. The number of aromatic nitrogens is 4. The van der Waals surface area contributed by atoms with Crippen LogP contribution in [0.25, 0.3) is 0 Å². The average molecular weight is 1040 g/mol. The first-order chi connectivity index (χ1) is 29.8. The van der Waals surface area contributed by atoms with Crippen LogP contribution in [0.5, 0.6) is 23.5 Å². The molecule has 1 atom stereocenters. The van der Waals surface area contributed by atoms with Crippen LogP contribution in [0.2, 0.25) is 0 Å². The van der Waals surface area contributed by atoms with Crippen molar-refractivity contribution in [3.8, 4) is 23.5 Å². The second kappa shape index (κ2) is 28.6. The Kier molecular flexibility index (Phi) is 27.5. The molecule has 0 saturated heterocycles. The van der Waals surface area contributed by atoms with Gasteiger partial charge in [-0.1, -0.05) is 52.0 Å². The van der Waals surface area contributed by atoms with E-state index in [1.54, 1.807) is 13.3 Å². The molecule has 6 rings (SSSR count). The number of ether oxygens (including phenoxy) is 4. The fourth-order valence-electron chi connectivity index (χ4n) is 5.74. The molecule has 4 heterocycles. The molecule has 0 amide bonds. The van der Waals surface area contributed by atoms with Crippen LogP contribution in [-0.2, 0) is 5.60 Å². The quantitative estimate of drug-likeness (QED) is 0.0717. The normalized spacial score (nSPS) is 13.9. The number of halogens is 10. The molecule has 4 aromatic rings. The van der Waals surface area contributed by atoms with Crippen molar-refractivity contribution in [2.45, 2.75) is 90.3 Å². The summed E-state index contributed by atoms with van der Waals surface area (Å²) in [5.41, 5.74) is 6.98. The number of hydrogen-bond acceptors (Lipinski definition) is 13. The van der Waals surface area contributed by atoms with Crippen LogP contribution in [0.3, 0.4) is 0 Å². The third kappa shape index (κ3) is 18.4. The topological polar surface area (TPSA) is 195 Å². The fraction of sp³-hybridized carbons (Fsp3) is 0.465. The molecule has 24 heteroatoms. The van der Waals surface area contributed by atoms with E-state index in [4.69, 9.17) is 25.7 Å². The van der Waals surface area contributed by atoms with Gasteiger partial charge in [-0.15, -0.1) is 0 Å². The predicted octanol–water partition coefficient (Wildman–Crippen LogP) is 6.45. The van der Waals surface area contributed by atoms with Gasteiger partial charge in [-0.05, 0) is 50.5 Å². The number of carbonyl (C=O) groups is 2. The Bertz CT molecular complexity index is 2070. The predicted molar refractivity (Wildman–Crippen MR) is 229 cm³/mol. The number of methoxy groups -OCH3 is 4. The summed E-state index contributed by atoms with van der Waals surface area (Å²) in [6.07, 6.45) is -3.57. The summed E-state index contributed by atoms with van der Waals surface area (Å²) in [4.78, 5) is 36.8. The van der Waals surface area contributed by atoms with E-state index in [0.717, 1.165) is 54.7 Å². The Labute approximate surface area is 409 Å². The van der Waals surface area contributed by atoms with Gasteiger partial charge in [0.05, 0.1) is 34.0 Å². The summed E-state index contributed by atoms with van der Waals surface area (Å²) in [6.45, 7) is 7.16. The van der Waals surface area contributed by atoms with Crippen LogP contribution in [0.15, 0.2) is 55.1 Å². The number of pyridine rings is 4. The summed E-state index contributed by atoms with van der Waals surface area (Å²) in [6, 6.07) is 6.87. The molecule has 0 aromatic carbocycles. The zero-order valence-electron chi connectivity index (χ0n) is 36.8. The maximum absolute atomic E-state index is 13.4. The number of Topliss-reactive ketones (excluding diaryl/α,β-unsaturated/α-hetero) is 2. The van der Waals surface area contributed by atoms with E-state index >= 15 is 0 Å². The van der Waals surface area contributed by atoms with Gasteiger partial charge >= 0.3 is 41.6 Å². The number of nitrogens with two attached hydrogens (primary N) is 2. The molecule has 1 unspecified atom stereocenters. The number of carbonyl (C=O) groups excluding carboxylic acids is 2. The molecule has 2 aliphatic carbocycles. The van der Waals surface area contributed by atoms with Gasteiger partial charge in [-0.2, -0.15) is 45.4 Å². The molecule has 4 aromatic heterocycles. The number of hydrogen-bond donors (Lipinski definition) is 3. The Morgan fingerprint density at radius 1 is 0.672 bits per heavy atom. The Morgan fingerprint density at radius 3 is 1.45 bits per heavy atom. The van der Waals surface area contributed by atoms with Gasteiger partial charge in [-0.3, -0.25) is 9.59 Å². The minimum atomic E-state index is -4.96. The Balaban J connectivity index is 0. The molecule has 2 fully saturated rings. The largest absolute Gasteiger partial charge is 2.00 e. The van der Waals surface area contributed by atoms with E-state index < -0.39 is 52.5 Å². The Morgan fingerprint density at radius 2 is 1.07 bits per heavy atom. The molecular formula is C43H54BrF9MgN6O7. The zero-order chi connectivity index (χ0) is 48.6. The van der Waals surface area contributed by atoms with Crippen molar-refractivity contribution >= 4 is 46.0 Å². The first-order valence-corrected chi connectivity index (χ1v) is 19.2. The van der Waals surface area contributed by atoms with Crippen molar-refractivity contribution in [2.75, 3.05) is 39.9 Å². The van der Waals surface area contributed by atoms with Gasteiger partial charge in [-0.25, -0.2) is 19.9 Å². The molecule has 0 spiro atoms. The van der Waals surface area contributed by atoms with Crippen molar-refractivity contribution in [2.24, 2.45) is 11.8 Å². The van der Waals surface area contributed by atoms with Crippen molar-refractivity contribution < 1.29 is 90.1 Å². The van der Waals surface area contributed by atoms with Crippen LogP contribution in [0.4, 0.5) is 50.9 Å². The number of nitrogens with zero attached hydrogens (tertiary/aromatic N) is 4. The molecule has 67 heavy (non-hydrogen) atoms. The second-order valence-electron chi connectivity index (χ2n) is 14.2. The molecule has 5 N–H and O–H groups in total. The summed E-state index contributed by atoms with van der Waals surface area (Å²) < 4.78 is 132. The molecule has 2 saturated carbocycles. The van der Waals surface area contributed by atoms with Crippen molar-refractivity contribution in [3.63, 3.8) is 0 Å². The van der Waals surface area contributed by atoms with Crippen LogP contribution < -0.4 is 47.4 Å². The minimum absolute atomic E-state index is 0. The van der Waals surface area contributed by atoms with E-state index in [0.29, 0.717) is 18.7 Å². The monoisotopic (exact) mass is 1040 g/mol. The van der Waals surface area contributed by atoms with Crippen LogP contribution >= 0.6 is 0 Å². The van der Waals surface area contributed by atoms with Crippen molar-refractivity contribution in [3.05, 3.63) is 89.9 Å². The number of nitrogen functional groups attached to an aromatic ring is 2. The molecule has 13 nitrogen and oxygen atoms in total. The number of alkyl halides is 9. The SMILES string of the molecule is C.COc1nccc(C(=O)C(F)(F)F)c1C.COc1nccc(C(=O)C(F)(F)F)c1N.COc1nccc(C(O)(CC2CCC2)C(F)(F)F)c1N.COc1ncccc1C.[Br-].[CH2-]C1CCC1.[Mg+2]. The van der Waals surface area contributed by atoms with Crippen LogP contribution in [-0.4, -0.2) is 107 Å². The third-order valence-electron chi connectivity index (χ3n) is 9.75. The van der Waals surface area contributed by atoms with Crippen molar-refractivity contribution in [1.82, 2.24) is 19.9 Å². The number of rotatable bonds is 9. The van der Waals surface area contributed by atoms with E-state index in [1.165, 1.54) is 47.5 Å². The fourth-order valence-corrected chi connectivity index (χ4v) is 5.74. The number of aliphatic hydroxyl groups is 1. The molecular weight excluding hydrogens is 988 g/mol. The van der Waals surface area contributed by atoms with E-state index in [1.807, 2.05) is 19.1 Å². The van der Waals surface area contributed by atoms with Crippen LogP contribution in [0.1, 0.15) is 89.8 Å². The third-order valence-corrected chi connectivity index (χ3v) is 9.75. The standard InChI is InChI=1S/C13H17F3N2O2.C9H8F3NO2.C8H7F3N2O2.C7H9NO.C5H9.CH4.BrH.Mg/c1-20-11-10(17)9(5-6-18-11)12(19,13(14,15)16)7-8-3-2-4-8;1-5-6(7(14)9(10,11)12)3-4-13-8(5)15-2;1-15-7-5(12)4(2-3-13-7)6(14)8(9,10)11;1-6-4-3-5-8-7(6)9-2;1-5-3-2-4-5;;;/h5-6,8,19H,2-4,7,17H2,1H3;3-4H,1-2H3;2-3H,12H2,1H3;3-5H,1-2H3;5H,1-4H2;1H4;1H;/q;;;;-1;;;+2/p-1. The van der Waals surface area contributed by atoms with E-state index in [-0.39, 0.29) is 94.3 Å². The Hall–Kier alpha value is -4.68. The van der Waals surface area contributed by atoms with Gasteiger partial charge in [0.1, 0.15) is 11.4 Å². The molecule has 2 aliphatic rings. The molecule has 0 radical (unpaired) electrons. The maximum atomic E-state index is 13.4. The van der Waals surface area contributed by atoms with Crippen LogP contribution in [0, 0.1) is 32.6 Å². The smallest absolute Gasteiger partial charge is 1.00 e. The minimum Gasteiger partial charge on any atom is -1.00 e. The van der Waals surface area contributed by atoms with Gasteiger partial charge < -0.3 is 59.4 Å². The number of ketones is 2. The van der Waals surface area contributed by atoms with Gasteiger partial charge in [0, 0.05) is 47.0 Å². The summed E-state index contributed by atoms with van der Waals surface area (Å²) in [7, 11) is 5.36. The first kappa shape index (κ1) is 64.4. The average Bonchev–Trinajstić information content (AvgIpc) is 3.21. The van der Waals surface area contributed by atoms with Gasteiger partial charge in [0.2, 0.25) is 23.5 Å². The van der Waals surface area contributed by atoms with Crippen molar-refractivity contribution in [1.29, 1.82) is 0 Å².